The van der Waals surface area contributed by atoms with E-state index in [1.807, 2.05) is 0 Å². The van der Waals surface area contributed by atoms with Gasteiger partial charge in [0.15, 0.2) is 5.75 Å². The number of nitrogens with one attached hydrogen (secondary N) is 1. The van der Waals surface area contributed by atoms with Gasteiger partial charge in [-0.1, -0.05) is 6.07 Å². The van der Waals surface area contributed by atoms with E-state index in [0.717, 1.165) is 0 Å². The van der Waals surface area contributed by atoms with E-state index in [9.17, 15) is 14.3 Å². The zero-order valence-electron chi connectivity index (χ0n) is 13.1. The van der Waals surface area contributed by atoms with Crippen LogP contribution in [0.25, 0.3) is 0 Å². The van der Waals surface area contributed by atoms with Crippen LogP contribution < -0.4 is 15.8 Å². The normalized spacial score (nSPS) is 10.3. The molecule has 0 heterocycles. The van der Waals surface area contributed by atoms with E-state index >= 15 is 0 Å². The second kappa shape index (κ2) is 6.92. The Labute approximate surface area is 143 Å². The Morgan fingerprint density at radius 3 is 2.20 bits per heavy atom. The molecule has 3 aromatic carbocycles. The van der Waals surface area contributed by atoms with Gasteiger partial charge in [0.1, 0.15) is 17.3 Å². The Morgan fingerprint density at radius 1 is 0.960 bits per heavy atom. The fourth-order valence-corrected chi connectivity index (χ4v) is 2.19. The third kappa shape index (κ3) is 3.87. The lowest BCUT2D eigenvalue weighted by Gasteiger charge is -2.09. The molecule has 3 aromatic rings. The van der Waals surface area contributed by atoms with Crippen molar-refractivity contribution in [3.05, 3.63) is 78.1 Å². The summed E-state index contributed by atoms with van der Waals surface area (Å²) >= 11 is 0. The predicted molar refractivity (Wildman–Crippen MR) is 93.4 cm³/mol. The number of phenolic OH excluding ortho intramolecular Hbond substituents is 1. The average molecular weight is 338 g/mol. The number of nitrogens with two attached hydrogens (primary N) is 1. The van der Waals surface area contributed by atoms with Crippen LogP contribution in [0, 0.1) is 5.82 Å². The molecule has 0 bridgehead atoms. The summed E-state index contributed by atoms with van der Waals surface area (Å²) in [5.41, 5.74) is 6.33. The number of benzene rings is 3. The van der Waals surface area contributed by atoms with E-state index in [-0.39, 0.29) is 22.8 Å². The van der Waals surface area contributed by atoms with Gasteiger partial charge in [-0.2, -0.15) is 0 Å². The summed E-state index contributed by atoms with van der Waals surface area (Å²) < 4.78 is 18.4. The van der Waals surface area contributed by atoms with Crippen LogP contribution in [-0.4, -0.2) is 11.0 Å². The monoisotopic (exact) mass is 338 g/mol. The van der Waals surface area contributed by atoms with Crippen molar-refractivity contribution in [2.45, 2.75) is 0 Å². The number of carbonyl (C=O) groups is 1. The van der Waals surface area contributed by atoms with E-state index in [0.29, 0.717) is 17.2 Å². The number of aromatic hydroxyl groups is 1. The van der Waals surface area contributed by atoms with Gasteiger partial charge in [0, 0.05) is 5.69 Å². The molecule has 0 atom stereocenters. The summed E-state index contributed by atoms with van der Waals surface area (Å²) in [5, 5.41) is 12.5. The zero-order chi connectivity index (χ0) is 17.8. The summed E-state index contributed by atoms with van der Waals surface area (Å²) in [4.78, 5) is 12.2. The smallest absolute Gasteiger partial charge is 0.259 e. The number of hydrogen-bond acceptors (Lipinski definition) is 4. The molecule has 0 spiro atoms. The second-order valence-electron chi connectivity index (χ2n) is 5.28. The maximum absolute atomic E-state index is 12.9. The van der Waals surface area contributed by atoms with Crippen molar-refractivity contribution < 1.29 is 19.0 Å². The number of hydrogen-bond donors (Lipinski definition) is 3. The van der Waals surface area contributed by atoms with Crippen LogP contribution in [0.5, 0.6) is 17.2 Å². The largest absolute Gasteiger partial charge is 0.505 e. The SMILES string of the molecule is Nc1cccc(C(=O)Nc2ccc(Oc3ccc(F)cc3)cc2)c1O. The van der Waals surface area contributed by atoms with Gasteiger partial charge in [-0.05, 0) is 60.7 Å². The van der Waals surface area contributed by atoms with Gasteiger partial charge in [0.2, 0.25) is 0 Å². The second-order valence-corrected chi connectivity index (χ2v) is 5.28. The minimum atomic E-state index is -0.475. The van der Waals surface area contributed by atoms with E-state index in [2.05, 4.69) is 5.32 Å². The van der Waals surface area contributed by atoms with Crippen molar-refractivity contribution in [2.75, 3.05) is 11.1 Å². The van der Waals surface area contributed by atoms with Crippen molar-refractivity contribution in [1.29, 1.82) is 0 Å². The lowest BCUT2D eigenvalue weighted by atomic mass is 10.1. The summed E-state index contributed by atoms with van der Waals surface area (Å²) in [6, 6.07) is 16.9. The molecular weight excluding hydrogens is 323 g/mol. The molecule has 0 aliphatic heterocycles. The summed E-state index contributed by atoms with van der Waals surface area (Å²) in [5.74, 6) is -0.0252. The first-order chi connectivity index (χ1) is 12.0. The van der Waals surface area contributed by atoms with Crippen molar-refractivity contribution in [3.8, 4) is 17.2 Å². The number of amides is 1. The first kappa shape index (κ1) is 16.3. The lowest BCUT2D eigenvalue weighted by molar-refractivity contribution is 0.102. The predicted octanol–water partition coefficient (Wildman–Crippen LogP) is 4.16. The molecule has 25 heavy (non-hydrogen) atoms. The maximum Gasteiger partial charge on any atom is 0.259 e. The number of phenols is 1. The Morgan fingerprint density at radius 2 is 1.56 bits per heavy atom. The number of carbonyl (C=O) groups excluding carboxylic acids is 1. The Hall–Kier alpha value is -3.54. The molecule has 3 rings (SSSR count). The molecular formula is C19H15FN2O3. The van der Waals surface area contributed by atoms with Crippen LogP contribution >= 0.6 is 0 Å². The topological polar surface area (TPSA) is 84.6 Å². The van der Waals surface area contributed by atoms with E-state index in [1.165, 1.54) is 36.4 Å². The van der Waals surface area contributed by atoms with Crippen molar-refractivity contribution in [1.82, 2.24) is 0 Å². The lowest BCUT2D eigenvalue weighted by Crippen LogP contribution is -2.12. The quantitative estimate of drug-likeness (QED) is 0.493. The highest BCUT2D eigenvalue weighted by molar-refractivity contribution is 6.07. The molecule has 0 fully saturated rings. The molecule has 6 heteroatoms. The van der Waals surface area contributed by atoms with Crippen LogP contribution in [0.3, 0.4) is 0 Å². The number of anilines is 2. The van der Waals surface area contributed by atoms with E-state index < -0.39 is 5.91 Å². The Balaban J connectivity index is 1.69. The summed E-state index contributed by atoms with van der Waals surface area (Å²) in [6.45, 7) is 0. The van der Waals surface area contributed by atoms with Gasteiger partial charge in [-0.25, -0.2) is 4.39 Å². The highest BCUT2D eigenvalue weighted by Gasteiger charge is 2.13. The summed E-state index contributed by atoms with van der Waals surface area (Å²) in [7, 11) is 0. The van der Waals surface area contributed by atoms with Crippen LogP contribution in [-0.2, 0) is 0 Å². The highest BCUT2D eigenvalue weighted by Crippen LogP contribution is 2.26. The zero-order valence-corrected chi connectivity index (χ0v) is 13.1. The first-order valence-corrected chi connectivity index (χ1v) is 7.45. The number of halogens is 1. The van der Waals surface area contributed by atoms with Crippen molar-refractivity contribution >= 4 is 17.3 Å². The van der Waals surface area contributed by atoms with Crippen molar-refractivity contribution in [2.24, 2.45) is 0 Å². The van der Waals surface area contributed by atoms with Gasteiger partial charge in [0.25, 0.3) is 5.91 Å². The third-order valence-electron chi connectivity index (χ3n) is 3.47. The van der Waals surface area contributed by atoms with Gasteiger partial charge in [-0.15, -0.1) is 0 Å². The summed E-state index contributed by atoms with van der Waals surface area (Å²) in [6.07, 6.45) is 0. The van der Waals surface area contributed by atoms with Gasteiger partial charge < -0.3 is 20.9 Å². The van der Waals surface area contributed by atoms with Crippen molar-refractivity contribution in [3.63, 3.8) is 0 Å². The molecule has 0 saturated heterocycles. The van der Waals surface area contributed by atoms with Crippen LogP contribution in [0.4, 0.5) is 15.8 Å². The highest BCUT2D eigenvalue weighted by atomic mass is 19.1. The minimum Gasteiger partial charge on any atom is -0.505 e. The molecule has 126 valence electrons. The fraction of sp³-hybridized carbons (Fsp3) is 0. The van der Waals surface area contributed by atoms with Crippen LogP contribution in [0.1, 0.15) is 10.4 Å². The number of rotatable bonds is 4. The molecule has 4 N–H and O–H groups in total. The standard InChI is InChI=1S/C19H15FN2O3/c20-12-4-8-14(9-5-12)25-15-10-6-13(7-11-15)22-19(24)16-2-1-3-17(21)18(16)23/h1-11,23H,21H2,(H,22,24). The minimum absolute atomic E-state index is 0.0895. The molecule has 1 amide bonds. The molecule has 0 saturated carbocycles. The molecule has 0 radical (unpaired) electrons. The Bertz CT molecular complexity index is 894. The Kier molecular flexibility index (Phi) is 4.52. The maximum atomic E-state index is 12.9. The third-order valence-corrected chi connectivity index (χ3v) is 3.47. The fourth-order valence-electron chi connectivity index (χ4n) is 2.19. The molecule has 0 aliphatic rings. The van der Waals surface area contributed by atoms with Gasteiger partial charge in [0.05, 0.1) is 11.3 Å². The molecule has 5 nitrogen and oxygen atoms in total. The first-order valence-electron chi connectivity index (χ1n) is 7.45. The molecule has 0 aromatic heterocycles. The molecule has 0 aliphatic carbocycles. The van der Waals surface area contributed by atoms with E-state index in [4.69, 9.17) is 10.5 Å². The van der Waals surface area contributed by atoms with Crippen LogP contribution in [0.2, 0.25) is 0 Å². The van der Waals surface area contributed by atoms with Crippen LogP contribution in [0.15, 0.2) is 66.7 Å². The average Bonchev–Trinajstić information content (AvgIpc) is 2.61. The number of nitrogen functional groups attached to an aromatic ring is 1. The van der Waals surface area contributed by atoms with E-state index in [1.54, 1.807) is 30.3 Å². The molecule has 0 unspecified atom stereocenters. The number of para-hydroxylation sites is 1. The van der Waals surface area contributed by atoms with Gasteiger partial charge in [-0.3, -0.25) is 4.79 Å². The van der Waals surface area contributed by atoms with Gasteiger partial charge >= 0.3 is 0 Å². The number of ether oxygens (including phenoxy) is 1.